The number of benzene rings is 1. The van der Waals surface area contributed by atoms with Crippen molar-refractivity contribution in [3.05, 3.63) is 26.7 Å². The van der Waals surface area contributed by atoms with E-state index in [9.17, 15) is 4.79 Å². The van der Waals surface area contributed by atoms with Crippen molar-refractivity contribution in [3.63, 3.8) is 0 Å². The van der Waals surface area contributed by atoms with Crippen LogP contribution in [0.15, 0.2) is 14.9 Å². The van der Waals surface area contributed by atoms with Crippen LogP contribution >= 0.6 is 50.6 Å². The average molecular weight is 479 g/mol. The van der Waals surface area contributed by atoms with Crippen molar-refractivity contribution in [2.45, 2.75) is 44.4 Å². The van der Waals surface area contributed by atoms with Crippen LogP contribution in [0, 0.1) is 13.8 Å². The number of thioether (sulfide) groups is 1. The number of nitrogens with zero attached hydrogens (tertiary/aromatic N) is 2. The molecule has 2 rings (SSSR count). The molecule has 0 spiro atoms. The van der Waals surface area contributed by atoms with Gasteiger partial charge in [0.05, 0.1) is 11.1 Å². The molecule has 0 radical (unpaired) electrons. The van der Waals surface area contributed by atoms with Gasteiger partial charge in [0.2, 0.25) is 11.0 Å². The smallest absolute Gasteiger partial charge is 0.226 e. The van der Waals surface area contributed by atoms with Gasteiger partial charge >= 0.3 is 0 Å². The third kappa shape index (κ3) is 6.11. The SMILES string of the molecule is CCCSc1nnc(NC(=O)CCCOc2cc(C)c(Cl)c(C)c2Br)s1. The van der Waals surface area contributed by atoms with E-state index in [0.717, 1.165) is 42.9 Å². The number of nitrogens with one attached hydrogen (secondary N) is 1. The predicted molar refractivity (Wildman–Crippen MR) is 113 cm³/mol. The van der Waals surface area contributed by atoms with Crippen LogP contribution in [0.1, 0.15) is 37.3 Å². The third-order valence-corrected chi connectivity index (χ3v) is 7.20. The van der Waals surface area contributed by atoms with Gasteiger partial charge in [0.1, 0.15) is 5.75 Å². The Morgan fingerprint density at radius 3 is 2.92 bits per heavy atom. The summed E-state index contributed by atoms with van der Waals surface area (Å²) in [6.45, 7) is 6.44. The van der Waals surface area contributed by atoms with Crippen LogP contribution < -0.4 is 10.1 Å². The Hall–Kier alpha value is -0.830. The molecule has 0 aliphatic rings. The Kier molecular flexibility index (Phi) is 8.66. The van der Waals surface area contributed by atoms with Gasteiger partial charge in [-0.1, -0.05) is 41.6 Å². The zero-order chi connectivity index (χ0) is 19.1. The van der Waals surface area contributed by atoms with E-state index in [1.165, 1.54) is 11.3 Å². The second kappa shape index (κ2) is 10.5. The number of carbonyl (C=O) groups excluding carboxylic acids is 1. The van der Waals surface area contributed by atoms with Gasteiger partial charge in [-0.3, -0.25) is 4.79 Å². The Morgan fingerprint density at radius 2 is 2.19 bits per heavy atom. The van der Waals surface area contributed by atoms with E-state index in [2.05, 4.69) is 38.4 Å². The first-order valence-electron chi connectivity index (χ1n) is 8.26. The number of halogens is 2. The minimum absolute atomic E-state index is 0.0840. The van der Waals surface area contributed by atoms with Gasteiger partial charge in [-0.2, -0.15) is 0 Å². The number of carbonyl (C=O) groups is 1. The summed E-state index contributed by atoms with van der Waals surface area (Å²) in [7, 11) is 0. The summed E-state index contributed by atoms with van der Waals surface area (Å²) in [6, 6.07) is 1.90. The molecule has 0 fully saturated rings. The fraction of sp³-hybridized carbons (Fsp3) is 0.471. The number of aryl methyl sites for hydroxylation is 1. The summed E-state index contributed by atoms with van der Waals surface area (Å²) in [5, 5.41) is 12.1. The van der Waals surface area contributed by atoms with Crippen molar-refractivity contribution < 1.29 is 9.53 Å². The Bertz CT molecular complexity index is 771. The molecule has 26 heavy (non-hydrogen) atoms. The van der Waals surface area contributed by atoms with Crippen LogP contribution in [-0.4, -0.2) is 28.5 Å². The van der Waals surface area contributed by atoms with E-state index in [1.54, 1.807) is 11.8 Å². The number of aromatic nitrogens is 2. The molecule has 9 heteroatoms. The lowest BCUT2D eigenvalue weighted by atomic mass is 10.1. The quantitative estimate of drug-likeness (QED) is 0.277. The molecule has 0 saturated carbocycles. The van der Waals surface area contributed by atoms with E-state index in [1.807, 2.05) is 19.9 Å². The summed E-state index contributed by atoms with van der Waals surface area (Å²) in [4.78, 5) is 12.0. The van der Waals surface area contributed by atoms with Crippen molar-refractivity contribution in [2.75, 3.05) is 17.7 Å². The van der Waals surface area contributed by atoms with Crippen LogP contribution in [0.25, 0.3) is 0 Å². The maximum atomic E-state index is 12.0. The monoisotopic (exact) mass is 477 g/mol. The molecule has 0 aliphatic heterocycles. The van der Waals surface area contributed by atoms with Crippen molar-refractivity contribution >= 4 is 61.7 Å². The minimum Gasteiger partial charge on any atom is -0.492 e. The molecule has 0 atom stereocenters. The average Bonchev–Trinajstić information content (AvgIpc) is 3.06. The lowest BCUT2D eigenvalue weighted by Crippen LogP contribution is -2.12. The number of rotatable bonds is 9. The molecular weight excluding hydrogens is 458 g/mol. The van der Waals surface area contributed by atoms with Gasteiger partial charge in [-0.25, -0.2) is 0 Å². The van der Waals surface area contributed by atoms with Crippen molar-refractivity contribution in [3.8, 4) is 5.75 Å². The summed E-state index contributed by atoms with van der Waals surface area (Å²) in [5.74, 6) is 1.66. The molecule has 1 amide bonds. The first-order chi connectivity index (χ1) is 12.4. The van der Waals surface area contributed by atoms with Crippen LogP contribution in [-0.2, 0) is 4.79 Å². The highest BCUT2D eigenvalue weighted by Gasteiger charge is 2.12. The second-order valence-corrected chi connectivity index (χ2v) is 9.16. The lowest BCUT2D eigenvalue weighted by molar-refractivity contribution is -0.116. The van der Waals surface area contributed by atoms with Crippen LogP contribution in [0.2, 0.25) is 5.02 Å². The number of hydrogen-bond donors (Lipinski definition) is 1. The zero-order valence-corrected chi connectivity index (χ0v) is 18.9. The van der Waals surface area contributed by atoms with E-state index >= 15 is 0 Å². The molecule has 1 N–H and O–H groups in total. The second-order valence-electron chi connectivity index (χ2n) is 5.67. The fourth-order valence-electron chi connectivity index (χ4n) is 2.11. The van der Waals surface area contributed by atoms with Gasteiger partial charge in [-0.15, -0.1) is 10.2 Å². The third-order valence-electron chi connectivity index (χ3n) is 3.46. The highest BCUT2D eigenvalue weighted by atomic mass is 79.9. The maximum absolute atomic E-state index is 12.0. The Morgan fingerprint density at radius 1 is 1.42 bits per heavy atom. The molecule has 1 heterocycles. The number of amides is 1. The minimum atomic E-state index is -0.0840. The van der Waals surface area contributed by atoms with Gasteiger partial charge in [-0.05, 0) is 59.8 Å². The van der Waals surface area contributed by atoms with Crippen molar-refractivity contribution in [2.24, 2.45) is 0 Å². The fourth-order valence-corrected chi connectivity index (χ4v) is 4.49. The maximum Gasteiger partial charge on any atom is 0.226 e. The normalized spacial score (nSPS) is 10.8. The zero-order valence-electron chi connectivity index (χ0n) is 14.9. The van der Waals surface area contributed by atoms with Gasteiger partial charge in [0.25, 0.3) is 0 Å². The highest BCUT2D eigenvalue weighted by Crippen LogP contribution is 2.35. The summed E-state index contributed by atoms with van der Waals surface area (Å²) >= 11 is 12.8. The van der Waals surface area contributed by atoms with Crippen LogP contribution in [0.5, 0.6) is 5.75 Å². The topological polar surface area (TPSA) is 64.1 Å². The molecule has 2 aromatic rings. The van der Waals surface area contributed by atoms with E-state index in [4.69, 9.17) is 16.3 Å². The lowest BCUT2D eigenvalue weighted by Gasteiger charge is -2.13. The number of anilines is 1. The van der Waals surface area contributed by atoms with E-state index in [0.29, 0.717) is 24.6 Å². The molecule has 0 aliphatic carbocycles. The molecule has 0 unspecified atom stereocenters. The molecule has 142 valence electrons. The van der Waals surface area contributed by atoms with Crippen molar-refractivity contribution in [1.29, 1.82) is 0 Å². The standard InChI is InChI=1S/C17H21BrClN3O2S2/c1-4-8-25-17-22-21-16(26-17)20-13(23)6-5-7-24-12-9-10(2)15(19)11(3)14(12)18/h9H,4-8H2,1-3H3,(H,20,21,23). The first-order valence-corrected chi connectivity index (χ1v) is 11.2. The predicted octanol–water partition coefficient (Wildman–Crippen LogP) is 5.87. The van der Waals surface area contributed by atoms with Gasteiger partial charge in [0, 0.05) is 17.2 Å². The van der Waals surface area contributed by atoms with Crippen LogP contribution in [0.3, 0.4) is 0 Å². The Labute approximate surface area is 175 Å². The van der Waals surface area contributed by atoms with Gasteiger partial charge in [0.15, 0.2) is 4.34 Å². The summed E-state index contributed by atoms with van der Waals surface area (Å²) in [6.07, 6.45) is 2.05. The van der Waals surface area contributed by atoms with Crippen LogP contribution in [0.4, 0.5) is 5.13 Å². The van der Waals surface area contributed by atoms with Gasteiger partial charge < -0.3 is 10.1 Å². The Balaban J connectivity index is 1.76. The number of hydrogen-bond acceptors (Lipinski definition) is 6. The van der Waals surface area contributed by atoms with E-state index < -0.39 is 0 Å². The molecule has 0 bridgehead atoms. The van der Waals surface area contributed by atoms with E-state index in [-0.39, 0.29) is 5.91 Å². The molecule has 5 nitrogen and oxygen atoms in total. The molecule has 1 aromatic carbocycles. The van der Waals surface area contributed by atoms with Crippen molar-refractivity contribution in [1.82, 2.24) is 10.2 Å². The first kappa shape index (κ1) is 21.5. The molecule has 1 aromatic heterocycles. The summed E-state index contributed by atoms with van der Waals surface area (Å²) in [5.41, 5.74) is 1.92. The molecular formula is C17H21BrClN3O2S2. The molecule has 0 saturated heterocycles. The largest absolute Gasteiger partial charge is 0.492 e. The highest BCUT2D eigenvalue weighted by molar-refractivity contribution is 9.10. The number of ether oxygens (including phenoxy) is 1. The summed E-state index contributed by atoms with van der Waals surface area (Å²) < 4.78 is 7.52.